The monoisotopic (exact) mass is 476 g/mol. The Hall–Kier alpha value is -4.02. The summed E-state index contributed by atoms with van der Waals surface area (Å²) in [6, 6.07) is 22.9. The first-order valence-electron chi connectivity index (χ1n) is 10.6. The number of ether oxygens (including phenoxy) is 1. The lowest BCUT2D eigenvalue weighted by atomic mass is 10.3. The van der Waals surface area contributed by atoms with Gasteiger partial charge in [0.2, 0.25) is 10.0 Å². The lowest BCUT2D eigenvalue weighted by Gasteiger charge is -2.10. The maximum absolute atomic E-state index is 12.5. The molecule has 0 saturated carbocycles. The fourth-order valence-corrected chi connectivity index (χ4v) is 3.97. The van der Waals surface area contributed by atoms with Gasteiger partial charge in [-0.2, -0.15) is 0 Å². The highest BCUT2D eigenvalue weighted by Gasteiger charge is 2.13. The summed E-state index contributed by atoms with van der Waals surface area (Å²) in [6.45, 7) is 2.49. The third kappa shape index (κ3) is 6.50. The predicted molar refractivity (Wildman–Crippen MR) is 131 cm³/mol. The third-order valence-corrected chi connectivity index (χ3v) is 6.15. The van der Waals surface area contributed by atoms with Gasteiger partial charge in [-0.25, -0.2) is 18.1 Å². The predicted octanol–water partition coefficient (Wildman–Crippen LogP) is 4.11. The van der Waals surface area contributed by atoms with Gasteiger partial charge < -0.3 is 15.4 Å². The molecule has 2 heterocycles. The van der Waals surface area contributed by atoms with E-state index in [9.17, 15) is 8.42 Å². The van der Waals surface area contributed by atoms with Crippen molar-refractivity contribution in [2.24, 2.45) is 0 Å². The van der Waals surface area contributed by atoms with E-state index in [0.717, 1.165) is 5.56 Å². The van der Waals surface area contributed by atoms with E-state index in [4.69, 9.17) is 4.74 Å². The van der Waals surface area contributed by atoms with Crippen LogP contribution in [0.25, 0.3) is 0 Å². The van der Waals surface area contributed by atoms with E-state index in [1.54, 1.807) is 30.5 Å². The molecule has 0 unspecified atom stereocenters. The Bertz CT molecular complexity index is 1300. The maximum Gasteiger partial charge on any atom is 0.240 e. The first kappa shape index (κ1) is 23.1. The molecule has 0 saturated heterocycles. The molecule has 0 aliphatic carbocycles. The van der Waals surface area contributed by atoms with Gasteiger partial charge in [-0.3, -0.25) is 0 Å². The number of para-hydroxylation sites is 1. The van der Waals surface area contributed by atoms with Crippen LogP contribution in [0.15, 0.2) is 90.0 Å². The number of nitrogens with one attached hydrogen (secondary N) is 3. The van der Waals surface area contributed by atoms with Crippen LogP contribution in [-0.2, 0) is 10.0 Å². The second kappa shape index (κ2) is 10.7. The zero-order valence-corrected chi connectivity index (χ0v) is 19.3. The minimum absolute atomic E-state index is 0.160. The number of sulfonamides is 1. The van der Waals surface area contributed by atoms with E-state index in [1.807, 2.05) is 49.4 Å². The van der Waals surface area contributed by atoms with E-state index in [-0.39, 0.29) is 11.4 Å². The van der Waals surface area contributed by atoms with E-state index in [0.29, 0.717) is 35.5 Å². The van der Waals surface area contributed by atoms with Crippen LogP contribution >= 0.6 is 0 Å². The molecule has 0 spiro atoms. The van der Waals surface area contributed by atoms with Gasteiger partial charge in [0.1, 0.15) is 23.1 Å². The summed E-state index contributed by atoms with van der Waals surface area (Å²) in [5.74, 6) is 3.00. The standard InChI is InChI=1S/C24H24N6O3S/c1-18-7-12-22(26-17-18)28-24-14-13-23(29-30-24)25-15-16-27-34(31,32)21-10-8-20(9-11-21)33-19-5-3-2-4-6-19/h2-14,17,27H,15-16H2,1H3,(H,25,29)(H,26,28,30). The van der Waals surface area contributed by atoms with E-state index in [1.165, 1.54) is 12.1 Å². The zero-order chi connectivity index (χ0) is 23.8. The fraction of sp³-hybridized carbons (Fsp3) is 0.125. The molecule has 4 rings (SSSR count). The summed E-state index contributed by atoms with van der Waals surface area (Å²) in [6.07, 6.45) is 1.76. The Morgan fingerprint density at radius 1 is 0.765 bits per heavy atom. The number of benzene rings is 2. The van der Waals surface area contributed by atoms with Gasteiger partial charge in [0.25, 0.3) is 0 Å². The maximum atomic E-state index is 12.5. The second-order valence-electron chi connectivity index (χ2n) is 7.36. The molecule has 4 aromatic rings. The van der Waals surface area contributed by atoms with Crippen molar-refractivity contribution >= 4 is 27.5 Å². The first-order valence-corrected chi connectivity index (χ1v) is 12.1. The van der Waals surface area contributed by atoms with E-state index >= 15 is 0 Å². The van der Waals surface area contributed by atoms with Crippen LogP contribution in [0.3, 0.4) is 0 Å². The van der Waals surface area contributed by atoms with Crippen LogP contribution in [0, 0.1) is 6.92 Å². The van der Waals surface area contributed by atoms with Gasteiger partial charge in [-0.15, -0.1) is 10.2 Å². The van der Waals surface area contributed by atoms with Crippen molar-refractivity contribution in [2.45, 2.75) is 11.8 Å². The normalized spacial score (nSPS) is 11.1. The molecule has 34 heavy (non-hydrogen) atoms. The van der Waals surface area contributed by atoms with Crippen LogP contribution in [-0.4, -0.2) is 36.7 Å². The molecule has 0 atom stereocenters. The molecular weight excluding hydrogens is 452 g/mol. The molecule has 0 fully saturated rings. The topological polar surface area (TPSA) is 118 Å². The largest absolute Gasteiger partial charge is 0.457 e. The molecule has 9 nitrogen and oxygen atoms in total. The molecule has 0 aliphatic rings. The highest BCUT2D eigenvalue weighted by molar-refractivity contribution is 7.89. The molecule has 174 valence electrons. The summed E-state index contributed by atoms with van der Waals surface area (Å²) in [5, 5.41) is 14.3. The molecule has 10 heteroatoms. The summed E-state index contributed by atoms with van der Waals surface area (Å²) in [4.78, 5) is 4.42. The third-order valence-electron chi connectivity index (χ3n) is 4.67. The van der Waals surface area contributed by atoms with Crippen LogP contribution in [0.2, 0.25) is 0 Å². The fourth-order valence-electron chi connectivity index (χ4n) is 2.94. The number of rotatable bonds is 10. The van der Waals surface area contributed by atoms with Crippen LogP contribution in [0.5, 0.6) is 11.5 Å². The van der Waals surface area contributed by atoms with Crippen LogP contribution in [0.4, 0.5) is 17.5 Å². The minimum atomic E-state index is -3.65. The Balaban J connectivity index is 1.24. The summed E-state index contributed by atoms with van der Waals surface area (Å²) < 4.78 is 33.3. The van der Waals surface area contributed by atoms with Gasteiger partial charge in [-0.1, -0.05) is 24.3 Å². The zero-order valence-electron chi connectivity index (χ0n) is 18.5. The van der Waals surface area contributed by atoms with Crippen molar-refractivity contribution in [1.82, 2.24) is 19.9 Å². The Morgan fingerprint density at radius 2 is 1.44 bits per heavy atom. The van der Waals surface area contributed by atoms with Crippen molar-refractivity contribution in [2.75, 3.05) is 23.7 Å². The second-order valence-corrected chi connectivity index (χ2v) is 9.13. The molecule has 0 radical (unpaired) electrons. The lowest BCUT2D eigenvalue weighted by Crippen LogP contribution is -2.29. The molecule has 0 aliphatic heterocycles. The number of aromatic nitrogens is 3. The molecular formula is C24H24N6O3S. The molecule has 0 amide bonds. The summed E-state index contributed by atoms with van der Waals surface area (Å²) >= 11 is 0. The first-order chi connectivity index (χ1) is 16.5. The number of anilines is 3. The van der Waals surface area contributed by atoms with Crippen molar-refractivity contribution in [3.63, 3.8) is 0 Å². The van der Waals surface area contributed by atoms with Crippen LogP contribution in [0.1, 0.15) is 5.56 Å². The van der Waals surface area contributed by atoms with Crippen LogP contribution < -0.4 is 20.1 Å². The molecule has 3 N–H and O–H groups in total. The number of nitrogens with zero attached hydrogens (tertiary/aromatic N) is 3. The van der Waals surface area contributed by atoms with Gasteiger partial charge in [0, 0.05) is 19.3 Å². The number of hydrogen-bond donors (Lipinski definition) is 3. The average Bonchev–Trinajstić information content (AvgIpc) is 2.85. The smallest absolute Gasteiger partial charge is 0.240 e. The van der Waals surface area contributed by atoms with E-state index < -0.39 is 10.0 Å². The van der Waals surface area contributed by atoms with E-state index in [2.05, 4.69) is 30.5 Å². The van der Waals surface area contributed by atoms with Gasteiger partial charge in [0.15, 0.2) is 5.82 Å². The number of hydrogen-bond acceptors (Lipinski definition) is 8. The molecule has 0 bridgehead atoms. The van der Waals surface area contributed by atoms with Gasteiger partial charge in [-0.05, 0) is 67.1 Å². The summed E-state index contributed by atoms with van der Waals surface area (Å²) in [5.41, 5.74) is 1.07. The molecule has 2 aromatic carbocycles. The quantitative estimate of drug-likeness (QED) is 0.293. The van der Waals surface area contributed by atoms with Gasteiger partial charge in [0.05, 0.1) is 4.90 Å². The minimum Gasteiger partial charge on any atom is -0.457 e. The van der Waals surface area contributed by atoms with Crippen molar-refractivity contribution in [3.05, 3.63) is 90.6 Å². The Kier molecular flexibility index (Phi) is 7.31. The Labute approximate surface area is 198 Å². The van der Waals surface area contributed by atoms with Crippen molar-refractivity contribution in [3.8, 4) is 11.5 Å². The number of aryl methyl sites for hydroxylation is 1. The SMILES string of the molecule is Cc1ccc(Nc2ccc(NCCNS(=O)(=O)c3ccc(Oc4ccccc4)cc3)nn2)nc1. The lowest BCUT2D eigenvalue weighted by molar-refractivity contribution is 0.482. The Morgan fingerprint density at radius 3 is 2.12 bits per heavy atom. The summed E-state index contributed by atoms with van der Waals surface area (Å²) in [7, 11) is -3.65. The highest BCUT2D eigenvalue weighted by atomic mass is 32.2. The van der Waals surface area contributed by atoms with Gasteiger partial charge >= 0.3 is 0 Å². The molecule has 2 aromatic heterocycles. The highest BCUT2D eigenvalue weighted by Crippen LogP contribution is 2.22. The number of pyridine rings is 1. The van der Waals surface area contributed by atoms with Crippen molar-refractivity contribution in [1.29, 1.82) is 0 Å². The average molecular weight is 477 g/mol. The van der Waals surface area contributed by atoms with Crippen molar-refractivity contribution < 1.29 is 13.2 Å².